The van der Waals surface area contributed by atoms with Crippen molar-refractivity contribution in [3.8, 4) is 0 Å². The van der Waals surface area contributed by atoms with Gasteiger partial charge in [-0.05, 0) is 42.8 Å². The van der Waals surface area contributed by atoms with Crippen molar-refractivity contribution in [2.45, 2.75) is 6.92 Å². The number of carbonyl (C=O) groups excluding carboxylic acids is 1. The molecule has 0 saturated carbocycles. The van der Waals surface area contributed by atoms with Crippen LogP contribution in [0.1, 0.15) is 21.5 Å². The molecule has 0 aliphatic carbocycles. The standard InChI is InChI=1S/C14H10ClF2NO/c1-7-4-8(18)2-3-9(7)14(19)10-5-12(16)13(17)6-11(10)15/h2-6H,18H2,1H3. The molecule has 19 heavy (non-hydrogen) atoms. The Labute approximate surface area is 113 Å². The molecule has 0 saturated heterocycles. The predicted octanol–water partition coefficient (Wildman–Crippen LogP) is 3.74. The van der Waals surface area contributed by atoms with Gasteiger partial charge in [-0.25, -0.2) is 8.78 Å². The molecule has 0 aliphatic rings. The first-order valence-electron chi connectivity index (χ1n) is 5.45. The summed E-state index contributed by atoms with van der Waals surface area (Å²) < 4.78 is 26.2. The molecule has 0 atom stereocenters. The quantitative estimate of drug-likeness (QED) is 0.518. The lowest BCUT2D eigenvalue weighted by atomic mass is 9.98. The molecule has 0 aliphatic heterocycles. The Morgan fingerprint density at radius 3 is 2.37 bits per heavy atom. The van der Waals surface area contributed by atoms with Crippen LogP contribution in [0.15, 0.2) is 30.3 Å². The van der Waals surface area contributed by atoms with E-state index < -0.39 is 17.4 Å². The van der Waals surface area contributed by atoms with Crippen LogP contribution in [0.2, 0.25) is 5.02 Å². The molecule has 2 aromatic carbocycles. The van der Waals surface area contributed by atoms with Crippen LogP contribution in [0, 0.1) is 18.6 Å². The Kier molecular flexibility index (Phi) is 3.53. The van der Waals surface area contributed by atoms with E-state index >= 15 is 0 Å². The molecule has 0 spiro atoms. The molecule has 0 fully saturated rings. The Morgan fingerprint density at radius 1 is 1.11 bits per heavy atom. The van der Waals surface area contributed by atoms with E-state index in [-0.39, 0.29) is 10.6 Å². The molecular formula is C14H10ClF2NO. The van der Waals surface area contributed by atoms with Crippen molar-refractivity contribution in [1.29, 1.82) is 0 Å². The van der Waals surface area contributed by atoms with Crippen molar-refractivity contribution in [2.24, 2.45) is 0 Å². The number of halogens is 3. The van der Waals surface area contributed by atoms with Crippen molar-refractivity contribution >= 4 is 23.1 Å². The summed E-state index contributed by atoms with van der Waals surface area (Å²) in [6, 6.07) is 6.31. The fourth-order valence-electron chi connectivity index (χ4n) is 1.78. The van der Waals surface area contributed by atoms with Crippen molar-refractivity contribution in [1.82, 2.24) is 0 Å². The van der Waals surface area contributed by atoms with Gasteiger partial charge in [0.2, 0.25) is 0 Å². The monoisotopic (exact) mass is 281 g/mol. The number of carbonyl (C=O) groups is 1. The Hall–Kier alpha value is -1.94. The van der Waals surface area contributed by atoms with Crippen molar-refractivity contribution < 1.29 is 13.6 Å². The molecule has 0 aromatic heterocycles. The zero-order valence-corrected chi connectivity index (χ0v) is 10.8. The topological polar surface area (TPSA) is 43.1 Å². The van der Waals surface area contributed by atoms with Gasteiger partial charge in [0.05, 0.1) is 5.02 Å². The minimum Gasteiger partial charge on any atom is -0.399 e. The van der Waals surface area contributed by atoms with Crippen LogP contribution in [-0.2, 0) is 0 Å². The summed E-state index contributed by atoms with van der Waals surface area (Å²) in [6.07, 6.45) is 0. The maximum Gasteiger partial charge on any atom is 0.194 e. The second kappa shape index (κ2) is 4.97. The highest BCUT2D eigenvalue weighted by Gasteiger charge is 2.18. The third-order valence-corrected chi connectivity index (χ3v) is 3.06. The van der Waals surface area contributed by atoms with Crippen LogP contribution in [0.25, 0.3) is 0 Å². The number of nitrogens with two attached hydrogens (primary N) is 1. The molecule has 0 unspecified atom stereocenters. The number of ketones is 1. The molecule has 5 heteroatoms. The minimum absolute atomic E-state index is 0.0755. The average Bonchev–Trinajstić information content (AvgIpc) is 2.33. The van der Waals surface area contributed by atoms with E-state index in [0.29, 0.717) is 16.8 Å². The fraction of sp³-hybridized carbons (Fsp3) is 0.0714. The minimum atomic E-state index is -1.11. The number of hydrogen-bond acceptors (Lipinski definition) is 2. The number of benzene rings is 2. The normalized spacial score (nSPS) is 10.5. The molecular weight excluding hydrogens is 272 g/mol. The van der Waals surface area contributed by atoms with E-state index in [1.807, 2.05) is 0 Å². The highest BCUT2D eigenvalue weighted by atomic mass is 35.5. The zero-order valence-electron chi connectivity index (χ0n) is 10.0. The smallest absolute Gasteiger partial charge is 0.194 e. The van der Waals surface area contributed by atoms with E-state index in [0.717, 1.165) is 12.1 Å². The van der Waals surface area contributed by atoms with E-state index in [1.165, 1.54) is 6.07 Å². The van der Waals surface area contributed by atoms with Gasteiger partial charge in [0, 0.05) is 16.8 Å². The third-order valence-electron chi connectivity index (χ3n) is 2.75. The van der Waals surface area contributed by atoms with Crippen molar-refractivity contribution in [3.05, 3.63) is 63.7 Å². The summed E-state index contributed by atoms with van der Waals surface area (Å²) in [4.78, 5) is 12.2. The second-order valence-electron chi connectivity index (χ2n) is 4.15. The molecule has 0 radical (unpaired) electrons. The van der Waals surface area contributed by atoms with E-state index in [4.69, 9.17) is 17.3 Å². The maximum absolute atomic E-state index is 13.2. The van der Waals surface area contributed by atoms with Gasteiger partial charge in [0.15, 0.2) is 17.4 Å². The van der Waals surface area contributed by atoms with Crippen LogP contribution in [-0.4, -0.2) is 5.78 Å². The molecule has 2 rings (SSSR count). The highest BCUT2D eigenvalue weighted by Crippen LogP contribution is 2.24. The second-order valence-corrected chi connectivity index (χ2v) is 4.56. The number of nitrogen functional groups attached to an aromatic ring is 1. The third kappa shape index (κ3) is 2.58. The number of anilines is 1. The Bertz CT molecular complexity index is 671. The highest BCUT2D eigenvalue weighted by molar-refractivity contribution is 6.35. The van der Waals surface area contributed by atoms with Gasteiger partial charge in [-0.1, -0.05) is 11.6 Å². The summed E-state index contributed by atoms with van der Waals surface area (Å²) in [5, 5.41) is -0.125. The summed E-state index contributed by atoms with van der Waals surface area (Å²) in [5.74, 6) is -2.67. The number of hydrogen-bond donors (Lipinski definition) is 1. The Balaban J connectivity index is 2.53. The van der Waals surface area contributed by atoms with E-state index in [9.17, 15) is 13.6 Å². The molecule has 2 N–H and O–H groups in total. The summed E-state index contributed by atoms with van der Waals surface area (Å²) in [7, 11) is 0. The first kappa shape index (κ1) is 13.5. The SMILES string of the molecule is Cc1cc(N)ccc1C(=O)c1cc(F)c(F)cc1Cl. The van der Waals surface area contributed by atoms with Crippen molar-refractivity contribution in [3.63, 3.8) is 0 Å². The largest absolute Gasteiger partial charge is 0.399 e. The first-order valence-corrected chi connectivity index (χ1v) is 5.83. The van der Waals surface area contributed by atoms with Crippen LogP contribution >= 0.6 is 11.6 Å². The average molecular weight is 282 g/mol. The van der Waals surface area contributed by atoms with Gasteiger partial charge in [0.1, 0.15) is 0 Å². The van der Waals surface area contributed by atoms with E-state index in [2.05, 4.69) is 0 Å². The molecule has 0 amide bonds. The fourth-order valence-corrected chi connectivity index (χ4v) is 2.02. The lowest BCUT2D eigenvalue weighted by molar-refractivity contribution is 0.103. The summed E-state index contributed by atoms with van der Waals surface area (Å²) in [5.41, 5.74) is 7.03. The van der Waals surface area contributed by atoms with Gasteiger partial charge in [-0.2, -0.15) is 0 Å². The molecule has 2 nitrogen and oxygen atoms in total. The van der Waals surface area contributed by atoms with E-state index in [1.54, 1.807) is 19.1 Å². The van der Waals surface area contributed by atoms with Crippen LogP contribution in [0.4, 0.5) is 14.5 Å². The molecule has 98 valence electrons. The van der Waals surface area contributed by atoms with Crippen LogP contribution in [0.3, 0.4) is 0 Å². The number of aryl methyl sites for hydroxylation is 1. The summed E-state index contributed by atoms with van der Waals surface area (Å²) >= 11 is 5.78. The lowest BCUT2D eigenvalue weighted by Gasteiger charge is -2.08. The first-order chi connectivity index (χ1) is 8.90. The molecule has 0 heterocycles. The van der Waals surface area contributed by atoms with Gasteiger partial charge in [0.25, 0.3) is 0 Å². The van der Waals surface area contributed by atoms with Gasteiger partial charge < -0.3 is 5.73 Å². The Morgan fingerprint density at radius 2 is 1.74 bits per heavy atom. The van der Waals surface area contributed by atoms with Gasteiger partial charge >= 0.3 is 0 Å². The molecule has 0 bridgehead atoms. The zero-order chi connectivity index (χ0) is 14.2. The van der Waals surface area contributed by atoms with Crippen LogP contribution < -0.4 is 5.73 Å². The van der Waals surface area contributed by atoms with Gasteiger partial charge in [-0.15, -0.1) is 0 Å². The van der Waals surface area contributed by atoms with Gasteiger partial charge in [-0.3, -0.25) is 4.79 Å². The summed E-state index contributed by atoms with van der Waals surface area (Å²) in [6.45, 7) is 1.71. The van der Waals surface area contributed by atoms with Crippen LogP contribution in [0.5, 0.6) is 0 Å². The van der Waals surface area contributed by atoms with Crippen molar-refractivity contribution in [2.75, 3.05) is 5.73 Å². The number of rotatable bonds is 2. The lowest BCUT2D eigenvalue weighted by Crippen LogP contribution is -2.06. The maximum atomic E-state index is 13.2. The predicted molar refractivity (Wildman–Crippen MR) is 70.4 cm³/mol. The molecule has 2 aromatic rings.